The Hall–Kier alpha value is -10.4. The topological polar surface area (TPSA) is 6.48 Å². The zero-order chi connectivity index (χ0) is 60.8. The van der Waals surface area contributed by atoms with Gasteiger partial charge in [-0.05, 0) is 208 Å². The summed E-state index contributed by atoms with van der Waals surface area (Å²) in [6, 6.07) is 92.9. The van der Waals surface area contributed by atoms with E-state index in [1.807, 2.05) is 36.4 Å². The van der Waals surface area contributed by atoms with E-state index in [2.05, 4.69) is 282 Å². The number of hydrogen-bond donors (Lipinski definition) is 0. The van der Waals surface area contributed by atoms with Crippen molar-refractivity contribution in [3.8, 4) is 55.6 Å². The molecule has 430 valence electrons. The van der Waals surface area contributed by atoms with Crippen molar-refractivity contribution in [3.63, 3.8) is 0 Å². The first-order valence-corrected chi connectivity index (χ1v) is 30.8. The second-order valence-corrected chi connectivity index (χ2v) is 25.7. The fourth-order valence-corrected chi connectivity index (χ4v) is 14.3. The Bertz CT molecular complexity index is 4480. The van der Waals surface area contributed by atoms with E-state index in [-0.39, 0.29) is 27.9 Å². The molecule has 0 saturated carbocycles. The largest absolute Gasteiger partial charge is 0.310 e. The molecule has 0 amide bonds. The molecule has 0 heterocycles. The Morgan fingerprint density at radius 1 is 0.236 bits per heavy atom. The predicted octanol–water partition coefficient (Wildman–Crippen LogP) is 23.5. The lowest BCUT2D eigenvalue weighted by Gasteiger charge is -2.28. The molecule has 0 radical (unpaired) electrons. The van der Waals surface area contributed by atoms with E-state index < -0.39 is 0 Å². The Kier molecular flexibility index (Phi) is 13.3. The van der Waals surface area contributed by atoms with Crippen molar-refractivity contribution in [3.05, 3.63) is 334 Å². The molecule has 0 spiro atoms. The lowest BCUT2D eigenvalue weighted by molar-refractivity contribution is 0.627. The van der Waals surface area contributed by atoms with Gasteiger partial charge < -0.3 is 9.80 Å². The van der Waals surface area contributed by atoms with Gasteiger partial charge in [0.2, 0.25) is 0 Å². The van der Waals surface area contributed by atoms with Gasteiger partial charge in [-0.2, -0.15) is 0 Å². The fourth-order valence-electron chi connectivity index (χ4n) is 14.3. The maximum atomic E-state index is 14.4. The first kappa shape index (κ1) is 55.2. The molecular formula is C85H66F2N2. The molecule has 12 aromatic rings. The zero-order valence-corrected chi connectivity index (χ0v) is 50.9. The summed E-state index contributed by atoms with van der Waals surface area (Å²) in [7, 11) is 0. The number of fused-ring (bicyclic) bond motifs is 9. The Labute approximate surface area is 521 Å². The first-order valence-electron chi connectivity index (χ1n) is 30.8. The van der Waals surface area contributed by atoms with Gasteiger partial charge in [-0.3, -0.25) is 0 Å². The standard InChI is InChI=1S/C85H66F2N2/c1-83(2)77-49-55(17-19-57-23-45-73-75-47-41-69(53-81(75)84(3,4)79(73)51-57)88(67-37-29-63(86)30-38-67)65-33-25-61(26-34-65)59-13-9-7-10-14-59)21-43-71(77)72-44-22-56(50-78(72)83)18-20-58-24-46-74-76-48-42-70(54-82(76)85(5,6)80(74)52-58)89(68-39-31-64(87)32-40-68)66-35-27-62(28-36-66)60-15-11-8-12-16-60/h7-54H,1-6H3/b19-17+,20-18+. The zero-order valence-electron chi connectivity index (χ0n) is 50.9. The minimum absolute atomic E-state index is 0.196. The van der Waals surface area contributed by atoms with Crippen LogP contribution >= 0.6 is 0 Å². The van der Waals surface area contributed by atoms with Gasteiger partial charge >= 0.3 is 0 Å². The first-order chi connectivity index (χ1) is 43.1. The van der Waals surface area contributed by atoms with Crippen LogP contribution in [0.1, 0.15) is 97.2 Å². The average Bonchev–Trinajstić information content (AvgIpc) is 1.64. The number of nitrogens with zero attached hydrogens (tertiary/aromatic N) is 2. The number of rotatable bonds is 12. The monoisotopic (exact) mass is 1150 g/mol. The van der Waals surface area contributed by atoms with Gasteiger partial charge in [0, 0.05) is 50.4 Å². The molecule has 0 bridgehead atoms. The highest BCUT2D eigenvalue weighted by molar-refractivity contribution is 5.91. The van der Waals surface area contributed by atoms with Gasteiger partial charge in [-0.25, -0.2) is 8.78 Å². The van der Waals surface area contributed by atoms with Gasteiger partial charge in [-0.1, -0.05) is 236 Å². The number of hydrogen-bond acceptors (Lipinski definition) is 2. The molecule has 89 heavy (non-hydrogen) atoms. The number of halogens is 2. The summed E-state index contributed by atoms with van der Waals surface area (Å²) < 4.78 is 28.7. The summed E-state index contributed by atoms with van der Waals surface area (Å²) in [6.45, 7) is 14.0. The van der Waals surface area contributed by atoms with Crippen molar-refractivity contribution in [1.29, 1.82) is 0 Å². The number of anilines is 6. The van der Waals surface area contributed by atoms with Crippen LogP contribution in [0.25, 0.3) is 79.9 Å². The molecular weight excluding hydrogens is 1090 g/mol. The third kappa shape index (κ3) is 9.71. The van der Waals surface area contributed by atoms with Crippen LogP contribution in [0, 0.1) is 11.6 Å². The van der Waals surface area contributed by atoms with Crippen LogP contribution in [0.5, 0.6) is 0 Å². The van der Waals surface area contributed by atoms with Gasteiger partial charge in [0.05, 0.1) is 0 Å². The molecule has 4 heteroatoms. The van der Waals surface area contributed by atoms with Crippen molar-refractivity contribution in [1.82, 2.24) is 0 Å². The Morgan fingerprint density at radius 2 is 0.461 bits per heavy atom. The lowest BCUT2D eigenvalue weighted by atomic mass is 9.81. The van der Waals surface area contributed by atoms with Crippen molar-refractivity contribution in [2.75, 3.05) is 9.80 Å². The smallest absolute Gasteiger partial charge is 0.123 e. The molecule has 0 aliphatic heterocycles. The van der Waals surface area contributed by atoms with Gasteiger partial charge in [0.1, 0.15) is 11.6 Å². The highest BCUT2D eigenvalue weighted by atomic mass is 19.1. The molecule has 0 N–H and O–H groups in total. The molecule has 0 fully saturated rings. The molecule has 0 aromatic heterocycles. The quantitative estimate of drug-likeness (QED) is 0.113. The molecule has 12 aromatic carbocycles. The second kappa shape index (κ2) is 21.5. The van der Waals surface area contributed by atoms with Crippen molar-refractivity contribution >= 4 is 58.4 Å². The summed E-state index contributed by atoms with van der Waals surface area (Å²) in [5.41, 5.74) is 29.8. The van der Waals surface area contributed by atoms with Crippen molar-refractivity contribution < 1.29 is 8.78 Å². The van der Waals surface area contributed by atoms with Crippen molar-refractivity contribution in [2.45, 2.75) is 57.8 Å². The molecule has 15 rings (SSSR count). The summed E-state index contributed by atoms with van der Waals surface area (Å²) >= 11 is 0. The maximum Gasteiger partial charge on any atom is 0.123 e. The maximum absolute atomic E-state index is 14.4. The molecule has 0 saturated heterocycles. The van der Waals surface area contributed by atoms with Crippen LogP contribution in [0.15, 0.2) is 267 Å². The normalized spacial score (nSPS) is 14.2. The third-order valence-corrected chi connectivity index (χ3v) is 19.2. The summed E-state index contributed by atoms with van der Waals surface area (Å²) in [6.07, 6.45) is 9.03. The van der Waals surface area contributed by atoms with Crippen LogP contribution in [-0.2, 0) is 16.2 Å². The van der Waals surface area contributed by atoms with Gasteiger partial charge in [-0.15, -0.1) is 0 Å². The Morgan fingerprint density at radius 3 is 0.742 bits per heavy atom. The van der Waals surface area contributed by atoms with E-state index >= 15 is 0 Å². The SMILES string of the molecule is CC1(C)c2cc(/C=C/c3ccc4c(c3)C(C)(C)c3cc(N(c5ccc(F)cc5)c5ccc(-c6ccccc6)cc5)ccc3-4)ccc2-c2ccc(/C=C/c3ccc4c(c3)C(C)(C)c3cc(N(c5ccc(F)cc5)c5ccc(-c6ccccc6)cc5)ccc3-4)cc21. The van der Waals surface area contributed by atoms with Gasteiger partial charge in [0.25, 0.3) is 0 Å². The minimum Gasteiger partial charge on any atom is -0.310 e. The minimum atomic E-state index is -0.264. The van der Waals surface area contributed by atoms with E-state index in [0.717, 1.165) is 56.4 Å². The number of benzene rings is 12. The van der Waals surface area contributed by atoms with E-state index in [4.69, 9.17) is 0 Å². The summed E-state index contributed by atoms with van der Waals surface area (Å²) in [5.74, 6) is -0.517. The predicted molar refractivity (Wildman–Crippen MR) is 370 cm³/mol. The molecule has 0 unspecified atom stereocenters. The van der Waals surface area contributed by atoms with E-state index in [1.54, 1.807) is 0 Å². The van der Waals surface area contributed by atoms with Crippen LogP contribution < -0.4 is 9.80 Å². The molecule has 2 nitrogen and oxygen atoms in total. The molecule has 3 aliphatic carbocycles. The Balaban J connectivity index is 0.655. The third-order valence-electron chi connectivity index (χ3n) is 19.2. The highest BCUT2D eigenvalue weighted by Crippen LogP contribution is 2.54. The highest BCUT2D eigenvalue weighted by Gasteiger charge is 2.39. The summed E-state index contributed by atoms with van der Waals surface area (Å²) in [4.78, 5) is 4.45. The van der Waals surface area contributed by atoms with Gasteiger partial charge in [0.15, 0.2) is 0 Å². The van der Waals surface area contributed by atoms with Crippen LogP contribution in [-0.4, -0.2) is 0 Å². The fraction of sp³-hybridized carbons (Fsp3) is 0.106. The molecule has 3 aliphatic rings. The molecule has 0 atom stereocenters. The van der Waals surface area contributed by atoms with E-state index in [1.165, 1.54) is 113 Å². The lowest BCUT2D eigenvalue weighted by Crippen LogP contribution is -2.16. The average molecular weight is 1150 g/mol. The van der Waals surface area contributed by atoms with Crippen LogP contribution in [0.4, 0.5) is 42.9 Å². The van der Waals surface area contributed by atoms with Crippen molar-refractivity contribution in [2.24, 2.45) is 0 Å². The van der Waals surface area contributed by atoms with E-state index in [0.29, 0.717) is 0 Å². The second-order valence-electron chi connectivity index (χ2n) is 25.7. The van der Waals surface area contributed by atoms with Crippen LogP contribution in [0.2, 0.25) is 0 Å². The summed E-state index contributed by atoms with van der Waals surface area (Å²) in [5, 5.41) is 0. The van der Waals surface area contributed by atoms with Crippen LogP contribution in [0.3, 0.4) is 0 Å². The van der Waals surface area contributed by atoms with E-state index in [9.17, 15) is 8.78 Å².